The molecule has 1 N–H and O–H groups in total. The third-order valence-corrected chi connectivity index (χ3v) is 15.7. The second-order valence-electron chi connectivity index (χ2n) is 22.3. The Labute approximate surface area is 396 Å². The maximum atomic E-state index is 5.92. The van der Waals surface area contributed by atoms with Crippen LogP contribution in [0.2, 0.25) is 0 Å². The van der Waals surface area contributed by atoms with Crippen molar-refractivity contribution in [3.63, 3.8) is 0 Å². The topological polar surface area (TPSA) is 30.9 Å². The van der Waals surface area contributed by atoms with E-state index < -0.39 is 5.41 Å². The van der Waals surface area contributed by atoms with Crippen molar-refractivity contribution in [3.8, 4) is 22.3 Å². The number of likely N-dealkylation sites (tertiary alicyclic amines) is 1. The van der Waals surface area contributed by atoms with E-state index in [4.69, 9.17) is 4.99 Å². The van der Waals surface area contributed by atoms with Crippen LogP contribution in [0.25, 0.3) is 27.8 Å². The standard InChI is InChI=1S/C62H70N4/c1-41-20-19-27-45(34-41)58-64-59(63-57(65(58)9)44-25-17-12-18-26-44)62(8)40-46(49-36-47(42-21-13-10-14-22-42)35-48(37-49)43-23-15-11-16-24-43)28-33-56(62)66-54-31-29-50(60(2,3)4)38-52(54)53-39-51(61(5,6)7)30-32-55(53)66/h10-18,21-26,29-32,34-40,52-56,58-59,64H,1,19-20,27-28,33H2,2-9H3. The number of hydrogen-bond acceptors (Lipinski definition) is 4. The van der Waals surface area contributed by atoms with Crippen molar-refractivity contribution in [1.29, 1.82) is 0 Å². The Morgan fingerprint density at radius 3 is 1.68 bits per heavy atom. The molecule has 8 unspecified atom stereocenters. The van der Waals surface area contributed by atoms with Crippen molar-refractivity contribution in [1.82, 2.24) is 15.1 Å². The molecule has 2 aliphatic heterocycles. The van der Waals surface area contributed by atoms with Crippen LogP contribution < -0.4 is 5.32 Å². The van der Waals surface area contributed by atoms with E-state index >= 15 is 0 Å². The second kappa shape index (κ2) is 17.3. The van der Waals surface area contributed by atoms with Gasteiger partial charge in [0, 0.05) is 48.0 Å². The summed E-state index contributed by atoms with van der Waals surface area (Å²) < 4.78 is 0. The van der Waals surface area contributed by atoms with Gasteiger partial charge in [-0.1, -0.05) is 200 Å². The fourth-order valence-electron chi connectivity index (χ4n) is 12.1. The third-order valence-electron chi connectivity index (χ3n) is 15.7. The lowest BCUT2D eigenvalue weighted by molar-refractivity contribution is 0.0393. The molecule has 0 radical (unpaired) electrons. The molecule has 66 heavy (non-hydrogen) atoms. The molecule has 0 spiro atoms. The van der Waals surface area contributed by atoms with Crippen molar-refractivity contribution >= 4 is 11.4 Å². The highest BCUT2D eigenvalue weighted by molar-refractivity contribution is 5.99. The number of nitrogens with zero attached hydrogens (tertiary/aromatic N) is 3. The highest BCUT2D eigenvalue weighted by Crippen LogP contribution is 2.54. The van der Waals surface area contributed by atoms with Gasteiger partial charge in [-0.05, 0) is 111 Å². The van der Waals surface area contributed by atoms with Gasteiger partial charge < -0.3 is 4.90 Å². The lowest BCUT2D eigenvalue weighted by Gasteiger charge is -2.53. The molecule has 4 aromatic rings. The minimum atomic E-state index is -0.418. The van der Waals surface area contributed by atoms with Gasteiger partial charge in [-0.2, -0.15) is 0 Å². The van der Waals surface area contributed by atoms with Gasteiger partial charge in [0.15, 0.2) is 0 Å². The Balaban J connectivity index is 1.17. The molecular weight excluding hydrogens is 801 g/mol. The van der Waals surface area contributed by atoms with Gasteiger partial charge in [-0.15, -0.1) is 0 Å². The Bertz CT molecular complexity index is 2590. The quantitative estimate of drug-likeness (QED) is 0.201. The summed E-state index contributed by atoms with van der Waals surface area (Å²) in [4.78, 5) is 11.3. The van der Waals surface area contributed by atoms with Gasteiger partial charge >= 0.3 is 0 Å². The summed E-state index contributed by atoms with van der Waals surface area (Å²) in [5, 5.41) is 4.30. The van der Waals surface area contributed by atoms with E-state index in [9.17, 15) is 0 Å². The summed E-state index contributed by atoms with van der Waals surface area (Å²) in [5.74, 6) is 1.80. The van der Waals surface area contributed by atoms with Crippen LogP contribution in [0.1, 0.15) is 91.7 Å². The average molecular weight is 871 g/mol. The monoisotopic (exact) mass is 871 g/mol. The van der Waals surface area contributed by atoms with Crippen LogP contribution in [-0.2, 0) is 0 Å². The summed E-state index contributed by atoms with van der Waals surface area (Å²) in [6.45, 7) is 21.2. The largest absolute Gasteiger partial charge is 0.340 e. The first-order chi connectivity index (χ1) is 31.7. The zero-order chi connectivity index (χ0) is 46.0. The van der Waals surface area contributed by atoms with Gasteiger partial charge in [-0.25, -0.2) is 4.99 Å². The Hall–Kier alpha value is -5.55. The number of likely N-dealkylation sites (N-methyl/N-ethyl adjacent to an activating group) is 1. The molecule has 4 nitrogen and oxygen atoms in total. The summed E-state index contributed by atoms with van der Waals surface area (Å²) in [6, 6.07) is 40.7. The zero-order valence-electron chi connectivity index (χ0n) is 40.6. The van der Waals surface area contributed by atoms with Crippen molar-refractivity contribution < 1.29 is 0 Å². The second-order valence-corrected chi connectivity index (χ2v) is 22.3. The molecule has 4 aliphatic carbocycles. The molecule has 0 amide bonds. The number of nitrogens with one attached hydrogen (secondary N) is 1. The Kier molecular flexibility index (Phi) is 11.6. The fraction of sp³-hybridized carbons (Fsp3) is 0.371. The maximum absolute atomic E-state index is 5.92. The lowest BCUT2D eigenvalue weighted by Crippen LogP contribution is -2.65. The van der Waals surface area contributed by atoms with Crippen molar-refractivity contribution in [3.05, 3.63) is 198 Å². The molecule has 10 rings (SSSR count). The number of benzene rings is 4. The number of rotatable bonds is 7. The van der Waals surface area contributed by atoms with Gasteiger partial charge in [0.05, 0.1) is 0 Å². The van der Waals surface area contributed by atoms with E-state index in [1.54, 1.807) is 0 Å². The normalized spacial score (nSPS) is 29.0. The van der Waals surface area contributed by atoms with Crippen LogP contribution in [0.15, 0.2) is 192 Å². The zero-order valence-corrected chi connectivity index (χ0v) is 40.6. The molecule has 1 fully saturated rings. The van der Waals surface area contributed by atoms with E-state index in [0.29, 0.717) is 11.8 Å². The Morgan fingerprint density at radius 2 is 1.17 bits per heavy atom. The SMILES string of the molecule is C=C1C=C(C2NC(C3(C)C=C(c4cc(-c5ccccc5)cc(-c5ccccc5)c4)CCC3N3C4C=CC(C(C)(C)C)=CC4C4C=C(C(C)(C)C)C=CC43)N=C(c3ccccc3)N2C)CCC1. The third kappa shape index (κ3) is 8.30. The molecule has 8 atom stereocenters. The van der Waals surface area contributed by atoms with Crippen molar-refractivity contribution in [2.75, 3.05) is 7.05 Å². The van der Waals surface area contributed by atoms with E-state index in [1.165, 1.54) is 55.7 Å². The molecular formula is C62H70N4. The number of fused-ring (bicyclic) bond motifs is 3. The first-order valence-electron chi connectivity index (χ1n) is 24.7. The number of amidine groups is 1. The van der Waals surface area contributed by atoms with E-state index in [-0.39, 0.29) is 41.3 Å². The fourth-order valence-corrected chi connectivity index (χ4v) is 12.1. The highest BCUT2D eigenvalue weighted by Gasteiger charge is 2.56. The first kappa shape index (κ1) is 44.3. The van der Waals surface area contributed by atoms with Gasteiger partial charge in [0.1, 0.15) is 18.2 Å². The molecule has 338 valence electrons. The Morgan fingerprint density at radius 1 is 0.652 bits per heavy atom. The molecule has 0 bridgehead atoms. The molecule has 0 aromatic heterocycles. The van der Waals surface area contributed by atoms with E-state index in [0.717, 1.165) is 43.5 Å². The number of aliphatic imine (C=N–C) groups is 1. The number of allylic oxidation sites excluding steroid dienone is 7. The lowest BCUT2D eigenvalue weighted by atomic mass is 9.68. The van der Waals surface area contributed by atoms with E-state index in [2.05, 4.69) is 235 Å². The summed E-state index contributed by atoms with van der Waals surface area (Å²) >= 11 is 0. The molecule has 0 saturated carbocycles. The number of hydrogen-bond donors (Lipinski definition) is 1. The highest BCUT2D eigenvalue weighted by atomic mass is 15.4. The predicted octanol–water partition coefficient (Wildman–Crippen LogP) is 14.2. The molecule has 4 heteroatoms. The van der Waals surface area contributed by atoms with Crippen LogP contribution in [0, 0.1) is 28.1 Å². The summed E-state index contributed by atoms with van der Waals surface area (Å²) in [5.41, 5.74) is 14.1. The van der Waals surface area contributed by atoms with Crippen LogP contribution in [0.3, 0.4) is 0 Å². The van der Waals surface area contributed by atoms with Crippen LogP contribution in [0.5, 0.6) is 0 Å². The van der Waals surface area contributed by atoms with E-state index in [1.807, 2.05) is 0 Å². The van der Waals surface area contributed by atoms with Gasteiger partial charge in [0.25, 0.3) is 0 Å². The van der Waals surface area contributed by atoms with Gasteiger partial charge in [0.2, 0.25) is 0 Å². The first-order valence-corrected chi connectivity index (χ1v) is 24.7. The van der Waals surface area contributed by atoms with Crippen LogP contribution in [0.4, 0.5) is 0 Å². The molecule has 1 saturated heterocycles. The van der Waals surface area contributed by atoms with Gasteiger partial charge in [-0.3, -0.25) is 10.2 Å². The molecule has 4 aromatic carbocycles. The summed E-state index contributed by atoms with van der Waals surface area (Å²) in [7, 11) is 2.23. The minimum absolute atomic E-state index is 0.0140. The van der Waals surface area contributed by atoms with Crippen molar-refractivity contribution in [2.45, 2.75) is 111 Å². The maximum Gasteiger partial charge on any atom is 0.133 e. The molecule has 2 heterocycles. The summed E-state index contributed by atoms with van der Waals surface area (Å²) in [6.07, 6.45) is 25.5. The predicted molar refractivity (Wildman–Crippen MR) is 279 cm³/mol. The van der Waals surface area contributed by atoms with Crippen LogP contribution in [-0.4, -0.2) is 53.1 Å². The van der Waals surface area contributed by atoms with Crippen molar-refractivity contribution in [2.24, 2.45) is 33.1 Å². The minimum Gasteiger partial charge on any atom is -0.340 e. The van der Waals surface area contributed by atoms with Crippen LogP contribution >= 0.6 is 0 Å². The average Bonchev–Trinajstić information content (AvgIpc) is 3.64. The molecule has 6 aliphatic rings. The smallest absolute Gasteiger partial charge is 0.133 e.